The van der Waals surface area contributed by atoms with Crippen molar-refractivity contribution in [2.24, 2.45) is 0 Å². The Labute approximate surface area is 121 Å². The Morgan fingerprint density at radius 1 is 1.11 bits per heavy atom. The first-order valence-corrected chi connectivity index (χ1v) is 6.73. The number of ether oxygens (including phenoxy) is 1. The van der Waals surface area contributed by atoms with Crippen LogP contribution in [0.15, 0.2) is 36.4 Å². The standard InChI is InChI=1S/C15H13Cl2FO/c1-10-2-5-15(12(6-10)8-16)19-9-11-3-4-13(17)7-14(11)18/h2-7H,8-9H2,1H3. The van der Waals surface area contributed by atoms with Gasteiger partial charge in [-0.25, -0.2) is 4.39 Å². The lowest BCUT2D eigenvalue weighted by Gasteiger charge is -2.11. The molecule has 0 radical (unpaired) electrons. The Bertz CT molecular complexity index is 584. The Hall–Kier alpha value is -1.25. The highest BCUT2D eigenvalue weighted by atomic mass is 35.5. The molecule has 0 fully saturated rings. The van der Waals surface area contributed by atoms with E-state index in [0.717, 1.165) is 11.1 Å². The molecule has 0 bridgehead atoms. The summed E-state index contributed by atoms with van der Waals surface area (Å²) >= 11 is 11.6. The van der Waals surface area contributed by atoms with Crippen LogP contribution in [0.3, 0.4) is 0 Å². The number of rotatable bonds is 4. The Kier molecular flexibility index (Phi) is 4.67. The normalized spacial score (nSPS) is 10.5. The van der Waals surface area contributed by atoms with Gasteiger partial charge in [-0.05, 0) is 25.1 Å². The summed E-state index contributed by atoms with van der Waals surface area (Å²) in [5.74, 6) is 0.669. The van der Waals surface area contributed by atoms with E-state index in [1.165, 1.54) is 6.07 Å². The van der Waals surface area contributed by atoms with E-state index in [2.05, 4.69) is 0 Å². The fourth-order valence-corrected chi connectivity index (χ4v) is 2.12. The molecular weight excluding hydrogens is 286 g/mol. The molecule has 100 valence electrons. The van der Waals surface area contributed by atoms with Gasteiger partial charge in [-0.1, -0.05) is 35.4 Å². The van der Waals surface area contributed by atoms with Crippen molar-refractivity contribution >= 4 is 23.2 Å². The molecule has 2 rings (SSSR count). The van der Waals surface area contributed by atoms with Crippen LogP contribution in [-0.2, 0) is 12.5 Å². The first kappa shape index (κ1) is 14.2. The number of halogens is 3. The maximum absolute atomic E-state index is 13.6. The molecule has 0 atom stereocenters. The molecule has 19 heavy (non-hydrogen) atoms. The average molecular weight is 299 g/mol. The number of hydrogen-bond donors (Lipinski definition) is 0. The van der Waals surface area contributed by atoms with Crippen LogP contribution in [0.2, 0.25) is 5.02 Å². The summed E-state index contributed by atoms with van der Waals surface area (Å²) in [6.07, 6.45) is 0. The van der Waals surface area contributed by atoms with Gasteiger partial charge in [0.15, 0.2) is 0 Å². The number of benzene rings is 2. The molecule has 0 N–H and O–H groups in total. The molecule has 0 aliphatic rings. The summed E-state index contributed by atoms with van der Waals surface area (Å²) in [6, 6.07) is 10.3. The van der Waals surface area contributed by atoms with Crippen LogP contribution >= 0.6 is 23.2 Å². The monoisotopic (exact) mass is 298 g/mol. The van der Waals surface area contributed by atoms with Crippen molar-refractivity contribution in [1.82, 2.24) is 0 Å². The highest BCUT2D eigenvalue weighted by molar-refractivity contribution is 6.30. The van der Waals surface area contributed by atoms with Crippen LogP contribution in [0.4, 0.5) is 4.39 Å². The Balaban J connectivity index is 2.14. The van der Waals surface area contributed by atoms with Gasteiger partial charge in [0, 0.05) is 16.1 Å². The minimum absolute atomic E-state index is 0.149. The van der Waals surface area contributed by atoms with E-state index in [4.69, 9.17) is 27.9 Å². The zero-order valence-electron chi connectivity index (χ0n) is 10.4. The minimum Gasteiger partial charge on any atom is -0.488 e. The summed E-state index contributed by atoms with van der Waals surface area (Å²) < 4.78 is 19.2. The third kappa shape index (κ3) is 3.62. The summed E-state index contributed by atoms with van der Waals surface area (Å²) in [5, 5.41) is 0.373. The van der Waals surface area contributed by atoms with Gasteiger partial charge >= 0.3 is 0 Å². The first-order valence-electron chi connectivity index (χ1n) is 5.82. The number of hydrogen-bond acceptors (Lipinski definition) is 1. The van der Waals surface area contributed by atoms with Gasteiger partial charge in [-0.15, -0.1) is 11.6 Å². The lowest BCUT2D eigenvalue weighted by molar-refractivity contribution is 0.297. The SMILES string of the molecule is Cc1ccc(OCc2ccc(Cl)cc2F)c(CCl)c1. The number of aryl methyl sites for hydroxylation is 1. The maximum Gasteiger partial charge on any atom is 0.131 e. The summed E-state index contributed by atoms with van der Waals surface area (Å²) in [4.78, 5) is 0. The molecule has 0 heterocycles. The molecule has 0 unspecified atom stereocenters. The van der Waals surface area contributed by atoms with E-state index in [1.54, 1.807) is 12.1 Å². The van der Waals surface area contributed by atoms with Gasteiger partial charge in [0.25, 0.3) is 0 Å². The highest BCUT2D eigenvalue weighted by Gasteiger charge is 2.07. The zero-order chi connectivity index (χ0) is 13.8. The topological polar surface area (TPSA) is 9.23 Å². The average Bonchev–Trinajstić information content (AvgIpc) is 2.39. The van der Waals surface area contributed by atoms with Gasteiger partial charge < -0.3 is 4.74 Å². The Morgan fingerprint density at radius 3 is 2.58 bits per heavy atom. The predicted octanol–water partition coefficient (Wildman–Crippen LogP) is 5.11. The van der Waals surface area contributed by atoms with Gasteiger partial charge in [0.2, 0.25) is 0 Å². The van der Waals surface area contributed by atoms with Crippen LogP contribution in [0.5, 0.6) is 5.75 Å². The van der Waals surface area contributed by atoms with Crippen molar-refractivity contribution < 1.29 is 9.13 Å². The lowest BCUT2D eigenvalue weighted by atomic mass is 10.1. The predicted molar refractivity (Wildman–Crippen MR) is 76.5 cm³/mol. The van der Waals surface area contributed by atoms with Crippen LogP contribution in [0.1, 0.15) is 16.7 Å². The van der Waals surface area contributed by atoms with Crippen LogP contribution in [0, 0.1) is 12.7 Å². The second-order valence-electron chi connectivity index (χ2n) is 4.27. The van der Waals surface area contributed by atoms with E-state index in [0.29, 0.717) is 22.2 Å². The second kappa shape index (κ2) is 6.27. The molecule has 0 spiro atoms. The summed E-state index contributed by atoms with van der Waals surface area (Å²) in [5.41, 5.74) is 2.47. The molecule has 0 aromatic heterocycles. The van der Waals surface area contributed by atoms with Crippen LogP contribution < -0.4 is 4.74 Å². The third-order valence-electron chi connectivity index (χ3n) is 2.76. The molecule has 1 nitrogen and oxygen atoms in total. The van der Waals surface area contributed by atoms with Crippen molar-refractivity contribution in [2.45, 2.75) is 19.4 Å². The molecule has 2 aromatic rings. The Morgan fingerprint density at radius 2 is 1.89 bits per heavy atom. The zero-order valence-corrected chi connectivity index (χ0v) is 11.9. The van der Waals surface area contributed by atoms with Crippen molar-refractivity contribution in [3.05, 3.63) is 63.9 Å². The molecule has 2 aromatic carbocycles. The quantitative estimate of drug-likeness (QED) is 0.713. The minimum atomic E-state index is -0.368. The molecular formula is C15H13Cl2FO. The van der Waals surface area contributed by atoms with Gasteiger partial charge in [-0.2, -0.15) is 0 Å². The van der Waals surface area contributed by atoms with E-state index in [1.807, 2.05) is 25.1 Å². The van der Waals surface area contributed by atoms with Crippen molar-refractivity contribution in [3.8, 4) is 5.75 Å². The van der Waals surface area contributed by atoms with E-state index >= 15 is 0 Å². The van der Waals surface area contributed by atoms with Gasteiger partial charge in [0.05, 0.1) is 5.88 Å². The van der Waals surface area contributed by atoms with Crippen LogP contribution in [0.25, 0.3) is 0 Å². The lowest BCUT2D eigenvalue weighted by Crippen LogP contribution is -2.00. The smallest absolute Gasteiger partial charge is 0.131 e. The fraction of sp³-hybridized carbons (Fsp3) is 0.200. The summed E-state index contributed by atoms with van der Waals surface area (Å²) in [7, 11) is 0. The highest BCUT2D eigenvalue weighted by Crippen LogP contribution is 2.24. The summed E-state index contributed by atoms with van der Waals surface area (Å²) in [6.45, 7) is 2.13. The largest absolute Gasteiger partial charge is 0.488 e. The van der Waals surface area contributed by atoms with Gasteiger partial charge in [-0.3, -0.25) is 0 Å². The molecule has 0 amide bonds. The molecule has 0 saturated carbocycles. The second-order valence-corrected chi connectivity index (χ2v) is 4.97. The molecule has 4 heteroatoms. The maximum atomic E-state index is 13.6. The number of alkyl halides is 1. The van der Waals surface area contributed by atoms with E-state index < -0.39 is 0 Å². The third-order valence-corrected chi connectivity index (χ3v) is 3.28. The van der Waals surface area contributed by atoms with Crippen molar-refractivity contribution in [2.75, 3.05) is 0 Å². The van der Waals surface area contributed by atoms with E-state index in [9.17, 15) is 4.39 Å². The van der Waals surface area contributed by atoms with Crippen molar-refractivity contribution in [1.29, 1.82) is 0 Å². The van der Waals surface area contributed by atoms with Crippen LogP contribution in [-0.4, -0.2) is 0 Å². The first-order chi connectivity index (χ1) is 9.10. The van der Waals surface area contributed by atoms with E-state index in [-0.39, 0.29) is 12.4 Å². The molecule has 0 saturated heterocycles. The molecule has 0 aliphatic heterocycles. The fourth-order valence-electron chi connectivity index (χ4n) is 1.75. The van der Waals surface area contributed by atoms with Crippen molar-refractivity contribution in [3.63, 3.8) is 0 Å². The van der Waals surface area contributed by atoms with Gasteiger partial charge in [0.1, 0.15) is 18.2 Å². The molecule has 0 aliphatic carbocycles.